The third-order valence-corrected chi connectivity index (χ3v) is 5.36. The fourth-order valence-electron chi connectivity index (χ4n) is 3.99. The number of piperidine rings is 1. The molecule has 1 atom stereocenters. The summed E-state index contributed by atoms with van der Waals surface area (Å²) >= 11 is 0. The van der Waals surface area contributed by atoms with Crippen LogP contribution in [0.15, 0.2) is 24.3 Å². The number of carbonyl (C=O) groups excluding carboxylic acids is 1. The van der Waals surface area contributed by atoms with Crippen LogP contribution in [-0.4, -0.2) is 55.2 Å². The van der Waals surface area contributed by atoms with E-state index in [1.165, 1.54) is 12.8 Å². The lowest BCUT2D eigenvalue weighted by Crippen LogP contribution is -2.42. The molecule has 2 aliphatic rings. The number of hydrogen-bond acceptors (Lipinski definition) is 4. The number of nitrogens with zero attached hydrogens (tertiary/aromatic N) is 1. The Morgan fingerprint density at radius 1 is 1.35 bits per heavy atom. The third-order valence-electron chi connectivity index (χ3n) is 5.36. The standard InChI is InChI=1S/C18H27N3O2/c1-21-13-18(7-10-19-11-8-18)12-16(21)17(23)20-9-6-14-2-4-15(22)5-3-14/h2-5,16,19,22H,6-13H2,1H3,(H,20,23). The van der Waals surface area contributed by atoms with Gasteiger partial charge in [-0.2, -0.15) is 0 Å². The number of nitrogens with one attached hydrogen (secondary N) is 2. The molecular formula is C18H27N3O2. The minimum atomic E-state index is 0.00733. The summed E-state index contributed by atoms with van der Waals surface area (Å²) in [5, 5.41) is 15.8. The Kier molecular flexibility index (Phi) is 4.87. The highest BCUT2D eigenvalue weighted by Gasteiger charge is 2.45. The molecule has 2 saturated heterocycles. The number of amides is 1. The van der Waals surface area contributed by atoms with Crippen molar-refractivity contribution < 1.29 is 9.90 Å². The Bertz CT molecular complexity index is 538. The molecule has 3 rings (SSSR count). The van der Waals surface area contributed by atoms with Gasteiger partial charge < -0.3 is 15.7 Å². The van der Waals surface area contributed by atoms with Crippen LogP contribution >= 0.6 is 0 Å². The average Bonchev–Trinajstić information content (AvgIpc) is 2.86. The molecule has 0 radical (unpaired) electrons. The molecule has 0 aliphatic carbocycles. The Morgan fingerprint density at radius 3 is 2.74 bits per heavy atom. The summed E-state index contributed by atoms with van der Waals surface area (Å²) in [5.74, 6) is 0.430. The quantitative estimate of drug-likeness (QED) is 0.779. The Morgan fingerprint density at radius 2 is 2.04 bits per heavy atom. The van der Waals surface area contributed by atoms with E-state index in [9.17, 15) is 9.90 Å². The van der Waals surface area contributed by atoms with E-state index in [4.69, 9.17) is 0 Å². The first kappa shape index (κ1) is 16.3. The maximum atomic E-state index is 12.5. The van der Waals surface area contributed by atoms with Crippen LogP contribution in [0.3, 0.4) is 0 Å². The van der Waals surface area contributed by atoms with Gasteiger partial charge in [-0.15, -0.1) is 0 Å². The second-order valence-corrected chi connectivity index (χ2v) is 7.09. The summed E-state index contributed by atoms with van der Waals surface area (Å²) in [5.41, 5.74) is 1.46. The molecule has 0 bridgehead atoms. The highest BCUT2D eigenvalue weighted by molar-refractivity contribution is 5.82. The van der Waals surface area contributed by atoms with Gasteiger partial charge >= 0.3 is 0 Å². The monoisotopic (exact) mass is 317 g/mol. The van der Waals surface area contributed by atoms with Crippen molar-refractivity contribution in [3.05, 3.63) is 29.8 Å². The van der Waals surface area contributed by atoms with E-state index in [1.807, 2.05) is 12.1 Å². The van der Waals surface area contributed by atoms with Gasteiger partial charge in [-0.25, -0.2) is 0 Å². The molecule has 5 nitrogen and oxygen atoms in total. The molecule has 2 aliphatic heterocycles. The highest BCUT2D eigenvalue weighted by atomic mass is 16.3. The minimum Gasteiger partial charge on any atom is -0.508 e. The SMILES string of the molecule is CN1CC2(CCNCC2)CC1C(=O)NCCc1ccc(O)cc1. The molecule has 126 valence electrons. The number of benzene rings is 1. The molecule has 0 saturated carbocycles. The van der Waals surface area contributed by atoms with Crippen molar-refractivity contribution in [2.45, 2.75) is 31.7 Å². The first-order valence-electron chi connectivity index (χ1n) is 8.55. The van der Waals surface area contributed by atoms with Gasteiger partial charge in [-0.3, -0.25) is 9.69 Å². The van der Waals surface area contributed by atoms with Gasteiger partial charge in [0, 0.05) is 13.1 Å². The fraction of sp³-hybridized carbons (Fsp3) is 0.611. The Labute approximate surface area is 138 Å². The molecule has 0 aromatic heterocycles. The molecule has 1 spiro atoms. The number of rotatable bonds is 4. The predicted octanol–water partition coefficient (Wildman–Crippen LogP) is 1.12. The van der Waals surface area contributed by atoms with Crippen LogP contribution in [0, 0.1) is 5.41 Å². The van der Waals surface area contributed by atoms with Crippen molar-refractivity contribution in [3.8, 4) is 5.75 Å². The number of phenolic OH excluding ortho intramolecular Hbond substituents is 1. The summed E-state index contributed by atoms with van der Waals surface area (Å²) in [6.45, 7) is 3.82. The van der Waals surface area contributed by atoms with E-state index >= 15 is 0 Å². The van der Waals surface area contributed by atoms with Crippen molar-refractivity contribution in [1.29, 1.82) is 0 Å². The molecule has 3 N–H and O–H groups in total. The van der Waals surface area contributed by atoms with E-state index in [-0.39, 0.29) is 17.7 Å². The normalized spacial score (nSPS) is 24.0. The molecule has 1 unspecified atom stereocenters. The number of likely N-dealkylation sites (N-methyl/N-ethyl adjacent to an activating group) is 1. The largest absolute Gasteiger partial charge is 0.508 e. The molecule has 1 amide bonds. The smallest absolute Gasteiger partial charge is 0.237 e. The van der Waals surface area contributed by atoms with Crippen molar-refractivity contribution >= 4 is 5.91 Å². The first-order chi connectivity index (χ1) is 11.1. The van der Waals surface area contributed by atoms with E-state index in [0.29, 0.717) is 12.0 Å². The number of hydrogen-bond donors (Lipinski definition) is 3. The summed E-state index contributed by atoms with van der Waals surface area (Å²) in [6, 6.07) is 7.17. The zero-order valence-electron chi connectivity index (χ0n) is 13.8. The molecule has 2 fully saturated rings. The summed E-state index contributed by atoms with van der Waals surface area (Å²) < 4.78 is 0. The van der Waals surface area contributed by atoms with Crippen LogP contribution in [-0.2, 0) is 11.2 Å². The second kappa shape index (κ2) is 6.89. The average molecular weight is 317 g/mol. The lowest BCUT2D eigenvalue weighted by Gasteiger charge is -2.33. The maximum absolute atomic E-state index is 12.5. The summed E-state index contributed by atoms with van der Waals surface area (Å²) in [7, 11) is 2.07. The van der Waals surface area contributed by atoms with Gasteiger partial charge in [0.15, 0.2) is 0 Å². The van der Waals surface area contributed by atoms with Gasteiger partial charge in [0.2, 0.25) is 5.91 Å². The molecule has 1 aromatic carbocycles. The zero-order valence-corrected chi connectivity index (χ0v) is 13.8. The summed E-state index contributed by atoms with van der Waals surface area (Å²) in [6.07, 6.45) is 4.12. The Balaban J connectivity index is 1.49. The van der Waals surface area contributed by atoms with Crippen molar-refractivity contribution in [3.63, 3.8) is 0 Å². The van der Waals surface area contributed by atoms with Crippen molar-refractivity contribution in [2.75, 3.05) is 33.2 Å². The van der Waals surface area contributed by atoms with Gasteiger partial charge in [-0.1, -0.05) is 12.1 Å². The molecule has 1 aromatic rings. The fourth-order valence-corrected chi connectivity index (χ4v) is 3.99. The predicted molar refractivity (Wildman–Crippen MR) is 90.4 cm³/mol. The number of carbonyl (C=O) groups is 1. The number of aromatic hydroxyl groups is 1. The lowest BCUT2D eigenvalue weighted by atomic mass is 9.77. The molecule has 5 heteroatoms. The van der Waals surface area contributed by atoms with Crippen LogP contribution in [0.25, 0.3) is 0 Å². The van der Waals surface area contributed by atoms with Gasteiger partial charge in [0.25, 0.3) is 0 Å². The zero-order chi connectivity index (χ0) is 16.3. The number of phenols is 1. The highest BCUT2D eigenvalue weighted by Crippen LogP contribution is 2.41. The van der Waals surface area contributed by atoms with E-state index < -0.39 is 0 Å². The molecule has 23 heavy (non-hydrogen) atoms. The maximum Gasteiger partial charge on any atom is 0.237 e. The molecule has 2 heterocycles. The van der Waals surface area contributed by atoms with E-state index in [0.717, 1.165) is 38.0 Å². The van der Waals surface area contributed by atoms with Crippen LogP contribution in [0.1, 0.15) is 24.8 Å². The van der Waals surface area contributed by atoms with Crippen molar-refractivity contribution in [2.24, 2.45) is 5.41 Å². The van der Waals surface area contributed by atoms with Crippen LogP contribution in [0.5, 0.6) is 5.75 Å². The minimum absolute atomic E-state index is 0.00733. The van der Waals surface area contributed by atoms with Crippen LogP contribution < -0.4 is 10.6 Å². The van der Waals surface area contributed by atoms with Crippen LogP contribution in [0.4, 0.5) is 0 Å². The first-order valence-corrected chi connectivity index (χ1v) is 8.55. The third kappa shape index (κ3) is 3.85. The van der Waals surface area contributed by atoms with Crippen molar-refractivity contribution in [1.82, 2.24) is 15.5 Å². The molecular weight excluding hydrogens is 290 g/mol. The second-order valence-electron chi connectivity index (χ2n) is 7.09. The van der Waals surface area contributed by atoms with Gasteiger partial charge in [0.05, 0.1) is 6.04 Å². The van der Waals surface area contributed by atoms with Crippen LogP contribution in [0.2, 0.25) is 0 Å². The summed E-state index contributed by atoms with van der Waals surface area (Å²) in [4.78, 5) is 14.7. The lowest BCUT2D eigenvalue weighted by molar-refractivity contribution is -0.125. The topological polar surface area (TPSA) is 64.6 Å². The van der Waals surface area contributed by atoms with E-state index in [2.05, 4.69) is 22.6 Å². The number of likely N-dealkylation sites (tertiary alicyclic amines) is 1. The van der Waals surface area contributed by atoms with Gasteiger partial charge in [-0.05, 0) is 68.9 Å². The van der Waals surface area contributed by atoms with Gasteiger partial charge in [0.1, 0.15) is 5.75 Å². The Hall–Kier alpha value is -1.59. The van der Waals surface area contributed by atoms with E-state index in [1.54, 1.807) is 12.1 Å².